The minimum absolute atomic E-state index is 0.173. The fourth-order valence-electron chi connectivity index (χ4n) is 4.12. The molecule has 3 unspecified atom stereocenters. The van der Waals surface area contributed by atoms with Crippen molar-refractivity contribution in [2.24, 2.45) is 5.92 Å². The van der Waals surface area contributed by atoms with Crippen LogP contribution in [0.5, 0.6) is 5.88 Å². The molecule has 0 bridgehead atoms. The third-order valence-corrected chi connectivity index (χ3v) is 5.99. The maximum Gasteiger partial charge on any atom is 0.226 e. The third-order valence-electron chi connectivity index (χ3n) is 5.72. The molecule has 1 aliphatic carbocycles. The fourth-order valence-corrected chi connectivity index (χ4v) is 4.38. The molecule has 3 aromatic heterocycles. The van der Waals surface area contributed by atoms with E-state index in [0.29, 0.717) is 72.8 Å². The third kappa shape index (κ3) is 5.08. The Morgan fingerprint density at radius 2 is 2.12 bits per heavy atom. The number of rotatable bonds is 10. The second-order valence-electron chi connectivity index (χ2n) is 8.17. The highest BCUT2D eigenvalue weighted by atomic mass is 35.5. The monoisotopic (exact) mass is 489 g/mol. The second kappa shape index (κ2) is 10.5. The number of hydrogen-bond donors (Lipinski definition) is 3. The highest BCUT2D eigenvalue weighted by Gasteiger charge is 2.34. The van der Waals surface area contributed by atoms with Gasteiger partial charge in [0.05, 0.1) is 36.6 Å². The Morgan fingerprint density at radius 3 is 2.82 bits per heavy atom. The van der Waals surface area contributed by atoms with Crippen molar-refractivity contribution in [3.63, 3.8) is 0 Å². The van der Waals surface area contributed by atoms with Gasteiger partial charge in [0, 0.05) is 31.0 Å². The number of aldehydes is 1. The Bertz CT molecular complexity index is 1170. The topological polar surface area (TPSA) is 132 Å². The number of hydrogen-bond acceptors (Lipinski definition) is 10. The van der Waals surface area contributed by atoms with Crippen LogP contribution >= 0.6 is 11.6 Å². The quantitative estimate of drug-likeness (QED) is 0.221. The van der Waals surface area contributed by atoms with E-state index in [0.717, 1.165) is 11.7 Å². The van der Waals surface area contributed by atoms with Gasteiger partial charge in [0.2, 0.25) is 11.8 Å². The number of ether oxygens (including phenoxy) is 2. The van der Waals surface area contributed by atoms with Crippen molar-refractivity contribution in [2.75, 3.05) is 37.5 Å². The van der Waals surface area contributed by atoms with Crippen molar-refractivity contribution < 1.29 is 23.8 Å². The minimum Gasteiger partial charge on any atom is -0.478 e. The van der Waals surface area contributed by atoms with Crippen molar-refractivity contribution in [3.8, 4) is 17.2 Å². The molecule has 3 aromatic rings. The predicted octanol–water partition coefficient (Wildman–Crippen LogP) is 3.45. The van der Waals surface area contributed by atoms with E-state index in [1.54, 1.807) is 13.2 Å². The smallest absolute Gasteiger partial charge is 0.226 e. The molecule has 0 saturated heterocycles. The molecule has 182 valence electrons. The lowest BCUT2D eigenvalue weighted by Gasteiger charge is -2.20. The van der Waals surface area contributed by atoms with Gasteiger partial charge < -0.3 is 34.4 Å². The summed E-state index contributed by atoms with van der Waals surface area (Å²) in [4.78, 5) is 24.7. The molecule has 4 rings (SSSR count). The van der Waals surface area contributed by atoms with Crippen LogP contribution in [0.3, 0.4) is 0 Å². The first-order chi connectivity index (χ1) is 16.4. The molecule has 3 heterocycles. The van der Waals surface area contributed by atoms with Crippen LogP contribution in [-0.2, 0) is 9.53 Å². The van der Waals surface area contributed by atoms with E-state index >= 15 is 0 Å². The number of aliphatic hydroxyl groups is 1. The van der Waals surface area contributed by atoms with E-state index in [1.165, 1.54) is 0 Å². The zero-order chi connectivity index (χ0) is 24.2. The van der Waals surface area contributed by atoms with Crippen LogP contribution < -0.4 is 15.4 Å². The van der Waals surface area contributed by atoms with Crippen molar-refractivity contribution in [1.29, 1.82) is 0 Å². The van der Waals surface area contributed by atoms with Gasteiger partial charge in [-0.1, -0.05) is 11.6 Å². The number of nitrogens with zero attached hydrogens (tertiary/aromatic N) is 3. The molecule has 1 fully saturated rings. The number of aromatic nitrogens is 3. The first-order valence-electron chi connectivity index (χ1n) is 11.2. The molecule has 0 aliphatic heterocycles. The summed E-state index contributed by atoms with van der Waals surface area (Å²) in [6.45, 7) is 5.18. The molecular formula is C23H28ClN5O5. The van der Waals surface area contributed by atoms with Crippen LogP contribution in [0.25, 0.3) is 22.3 Å². The molecule has 34 heavy (non-hydrogen) atoms. The lowest BCUT2D eigenvalue weighted by atomic mass is 10.1. The van der Waals surface area contributed by atoms with Crippen LogP contribution in [0, 0.1) is 12.8 Å². The van der Waals surface area contributed by atoms with Gasteiger partial charge in [-0.3, -0.25) is 0 Å². The van der Waals surface area contributed by atoms with Crippen LogP contribution in [0.2, 0.25) is 5.15 Å². The summed E-state index contributed by atoms with van der Waals surface area (Å²) in [6, 6.07) is 3.26. The number of carbonyl (C=O) groups excluding carboxylic acids is 1. The normalized spacial score (nSPS) is 20.0. The van der Waals surface area contributed by atoms with Gasteiger partial charge in [-0.15, -0.1) is 0 Å². The number of carbonyl (C=O) groups is 1. The van der Waals surface area contributed by atoms with Gasteiger partial charge in [0.15, 0.2) is 5.58 Å². The SMILES string of the molecule is CCOc1cc2cc(-c3c(Cl)nc(NCCOC)nc3NC3CC(C=O)CC3O)oc2c(C)n1. The standard InChI is InChI=1S/C23H28ClN5O5/c1-4-33-18-10-14-9-17(34-20(14)12(2)26-18)19-21(24)28-23(25-5-6-32-3)29-22(19)27-15-7-13(11-30)8-16(15)31/h9-11,13,15-16,31H,4-8H2,1-3H3,(H2,25,27,28,29). The molecule has 10 nitrogen and oxygen atoms in total. The summed E-state index contributed by atoms with van der Waals surface area (Å²) in [6.07, 6.45) is 1.06. The molecule has 0 spiro atoms. The van der Waals surface area contributed by atoms with Gasteiger partial charge in [-0.2, -0.15) is 4.98 Å². The van der Waals surface area contributed by atoms with E-state index in [9.17, 15) is 9.90 Å². The Labute approximate surface area is 202 Å². The van der Waals surface area contributed by atoms with Crippen LogP contribution in [0.15, 0.2) is 16.5 Å². The summed E-state index contributed by atoms with van der Waals surface area (Å²) >= 11 is 6.63. The average Bonchev–Trinajstić information content (AvgIpc) is 3.37. The highest BCUT2D eigenvalue weighted by Crippen LogP contribution is 2.39. The van der Waals surface area contributed by atoms with Crippen molar-refractivity contribution in [2.45, 2.75) is 38.8 Å². The van der Waals surface area contributed by atoms with Crippen LogP contribution in [0.1, 0.15) is 25.5 Å². The second-order valence-corrected chi connectivity index (χ2v) is 8.53. The van der Waals surface area contributed by atoms with E-state index in [2.05, 4.69) is 25.6 Å². The lowest BCUT2D eigenvalue weighted by Crippen LogP contribution is -2.29. The first kappa shape index (κ1) is 24.2. The predicted molar refractivity (Wildman–Crippen MR) is 129 cm³/mol. The molecule has 1 aliphatic rings. The Morgan fingerprint density at radius 1 is 1.29 bits per heavy atom. The fraction of sp³-hybridized carbons (Fsp3) is 0.478. The van der Waals surface area contributed by atoms with Gasteiger partial charge in [0.1, 0.15) is 23.0 Å². The molecule has 3 N–H and O–H groups in total. The number of nitrogens with one attached hydrogen (secondary N) is 2. The number of pyridine rings is 1. The zero-order valence-electron chi connectivity index (χ0n) is 19.3. The summed E-state index contributed by atoms with van der Waals surface area (Å²) in [7, 11) is 1.60. The first-order valence-corrected chi connectivity index (χ1v) is 11.6. The molecule has 11 heteroatoms. The van der Waals surface area contributed by atoms with Crippen molar-refractivity contribution >= 4 is 40.6 Å². The van der Waals surface area contributed by atoms with Gasteiger partial charge in [-0.25, -0.2) is 9.97 Å². The van der Waals surface area contributed by atoms with E-state index in [1.807, 2.05) is 19.9 Å². The Hall–Kier alpha value is -2.95. The summed E-state index contributed by atoms with van der Waals surface area (Å²) < 4.78 is 16.8. The Balaban J connectivity index is 1.76. The van der Waals surface area contributed by atoms with Gasteiger partial charge >= 0.3 is 0 Å². The molecule has 3 atom stereocenters. The summed E-state index contributed by atoms with van der Waals surface area (Å²) in [5, 5.41) is 17.8. The van der Waals surface area contributed by atoms with Gasteiger partial charge in [0.25, 0.3) is 0 Å². The minimum atomic E-state index is -0.697. The number of aryl methyl sites for hydroxylation is 1. The zero-order valence-corrected chi connectivity index (χ0v) is 20.1. The summed E-state index contributed by atoms with van der Waals surface area (Å²) in [5.41, 5.74) is 1.73. The molecule has 1 saturated carbocycles. The lowest BCUT2D eigenvalue weighted by molar-refractivity contribution is -0.111. The van der Waals surface area contributed by atoms with E-state index in [-0.39, 0.29) is 17.1 Å². The highest BCUT2D eigenvalue weighted by molar-refractivity contribution is 6.32. The maximum atomic E-state index is 11.3. The van der Waals surface area contributed by atoms with Crippen molar-refractivity contribution in [1.82, 2.24) is 15.0 Å². The Kier molecular flexibility index (Phi) is 7.50. The number of furan rings is 1. The molecular weight excluding hydrogens is 462 g/mol. The molecule has 0 radical (unpaired) electrons. The van der Waals surface area contributed by atoms with E-state index in [4.69, 9.17) is 25.5 Å². The number of methoxy groups -OCH3 is 1. The maximum absolute atomic E-state index is 11.3. The number of fused-ring (bicyclic) bond motifs is 1. The molecule has 0 aromatic carbocycles. The number of aliphatic hydroxyl groups excluding tert-OH is 1. The summed E-state index contributed by atoms with van der Waals surface area (Å²) in [5.74, 6) is 1.44. The molecule has 0 amide bonds. The average molecular weight is 490 g/mol. The van der Waals surface area contributed by atoms with Crippen molar-refractivity contribution in [3.05, 3.63) is 23.0 Å². The van der Waals surface area contributed by atoms with E-state index < -0.39 is 6.10 Å². The van der Waals surface area contributed by atoms with Crippen LogP contribution in [0.4, 0.5) is 11.8 Å². The van der Waals surface area contributed by atoms with Crippen LogP contribution in [-0.4, -0.2) is 65.4 Å². The largest absolute Gasteiger partial charge is 0.478 e. The number of halogens is 1. The van der Waals surface area contributed by atoms with Gasteiger partial charge in [-0.05, 0) is 32.8 Å². The number of anilines is 2.